The number of hydrogen-bond acceptors (Lipinski definition) is 8. The van der Waals surface area contributed by atoms with Gasteiger partial charge in [-0.1, -0.05) is 42.0 Å². The number of nitrogens with zero attached hydrogens (tertiary/aromatic N) is 6. The van der Waals surface area contributed by atoms with Crippen molar-refractivity contribution >= 4 is 41.5 Å². The van der Waals surface area contributed by atoms with Crippen LogP contribution in [0, 0.1) is 0 Å². The van der Waals surface area contributed by atoms with Crippen molar-refractivity contribution in [3.8, 4) is 0 Å². The average Bonchev–Trinajstić information content (AvgIpc) is 3.25. The molecule has 0 spiro atoms. The monoisotopic (exact) mass is 465 g/mol. The summed E-state index contributed by atoms with van der Waals surface area (Å²) in [5.41, 5.74) is 2.10. The van der Waals surface area contributed by atoms with Gasteiger partial charge >= 0.3 is 0 Å². The summed E-state index contributed by atoms with van der Waals surface area (Å²) in [6.45, 7) is 6.76. The fourth-order valence-electron chi connectivity index (χ4n) is 3.69. The Balaban J connectivity index is 1.57. The Bertz CT molecular complexity index is 1090. The summed E-state index contributed by atoms with van der Waals surface area (Å²) in [5, 5.41) is 13.1. The van der Waals surface area contributed by atoms with Crippen LogP contribution >= 0.6 is 11.6 Å². The second kappa shape index (κ2) is 11.2. The molecule has 2 aliphatic rings. The molecule has 1 aromatic heterocycles. The summed E-state index contributed by atoms with van der Waals surface area (Å²) in [4.78, 5) is 22.9. The number of nitrogens with one attached hydrogen (secondary N) is 1. The van der Waals surface area contributed by atoms with Crippen LogP contribution in [0.15, 0.2) is 53.1 Å². The van der Waals surface area contributed by atoms with E-state index in [1.807, 2.05) is 61.6 Å². The van der Waals surface area contributed by atoms with Crippen molar-refractivity contribution in [3.05, 3.63) is 64.5 Å². The molecular weight excluding hydrogens is 438 g/mol. The summed E-state index contributed by atoms with van der Waals surface area (Å²) >= 11 is 6.11. The van der Waals surface area contributed by atoms with E-state index in [9.17, 15) is 5.11 Å². The molecule has 0 saturated carbocycles. The van der Waals surface area contributed by atoms with Crippen molar-refractivity contribution in [2.75, 3.05) is 56.1 Å². The first-order chi connectivity index (χ1) is 16.1. The minimum atomic E-state index is 0.170. The Morgan fingerprint density at radius 1 is 1.09 bits per heavy atom. The first-order valence-electron chi connectivity index (χ1n) is 11.1. The number of aliphatic hydroxyl groups excluding tert-OH is 1. The van der Waals surface area contributed by atoms with Gasteiger partial charge in [-0.15, -0.1) is 0 Å². The molecule has 0 unspecified atom stereocenters. The number of rotatable bonds is 7. The summed E-state index contributed by atoms with van der Waals surface area (Å²) < 4.78 is 0. The van der Waals surface area contributed by atoms with Gasteiger partial charge in [-0.05, 0) is 42.3 Å². The van der Waals surface area contributed by atoms with Crippen molar-refractivity contribution in [2.45, 2.75) is 6.92 Å². The van der Waals surface area contributed by atoms with Gasteiger partial charge in [0.2, 0.25) is 11.9 Å². The molecule has 8 nitrogen and oxygen atoms in total. The van der Waals surface area contributed by atoms with Crippen molar-refractivity contribution in [3.63, 3.8) is 0 Å². The quantitative estimate of drug-likeness (QED) is 0.649. The van der Waals surface area contributed by atoms with Crippen LogP contribution in [-0.4, -0.2) is 76.7 Å². The average molecular weight is 466 g/mol. The Morgan fingerprint density at radius 3 is 2.70 bits per heavy atom. The number of aromatic nitrogens is 3. The molecule has 0 aliphatic carbocycles. The van der Waals surface area contributed by atoms with Gasteiger partial charge in [0.25, 0.3) is 0 Å². The Kier molecular flexibility index (Phi) is 7.83. The molecule has 33 heavy (non-hydrogen) atoms. The zero-order chi connectivity index (χ0) is 23.0. The maximum absolute atomic E-state index is 9.20. The van der Waals surface area contributed by atoms with Crippen molar-refractivity contribution in [1.29, 1.82) is 0 Å². The summed E-state index contributed by atoms with van der Waals surface area (Å²) in [7, 11) is 0. The van der Waals surface area contributed by atoms with Gasteiger partial charge in [-0.25, -0.2) is 0 Å². The van der Waals surface area contributed by atoms with Crippen LogP contribution in [0.3, 0.4) is 0 Å². The van der Waals surface area contributed by atoms with E-state index in [0.717, 1.165) is 43.2 Å². The molecule has 9 heteroatoms. The van der Waals surface area contributed by atoms with Gasteiger partial charge in [-0.2, -0.15) is 15.0 Å². The van der Waals surface area contributed by atoms with E-state index in [-0.39, 0.29) is 6.61 Å². The lowest BCUT2D eigenvalue weighted by Crippen LogP contribution is -2.47. The molecule has 1 fully saturated rings. The predicted molar refractivity (Wildman–Crippen MR) is 135 cm³/mol. The highest BCUT2D eigenvalue weighted by Gasteiger charge is 2.20. The number of anilines is 2. The second-order valence-electron chi connectivity index (χ2n) is 7.80. The molecule has 1 aromatic carbocycles. The topological polar surface area (TPSA) is 89.8 Å². The van der Waals surface area contributed by atoms with Crippen LogP contribution in [0.1, 0.15) is 18.3 Å². The fourth-order valence-corrected chi connectivity index (χ4v) is 3.89. The molecule has 1 saturated heterocycles. The number of β-amino-alcohol motifs (C(OH)–C–C–N with tert-alkyl or cyclic N) is 1. The third-order valence-electron chi connectivity index (χ3n) is 5.36. The molecule has 0 atom stereocenters. The van der Waals surface area contributed by atoms with Crippen molar-refractivity contribution in [1.82, 2.24) is 19.9 Å². The lowest BCUT2D eigenvalue weighted by molar-refractivity contribution is 0.188. The molecule has 2 aliphatic heterocycles. The van der Waals surface area contributed by atoms with Gasteiger partial charge in [-0.3, -0.25) is 9.89 Å². The highest BCUT2D eigenvalue weighted by Crippen LogP contribution is 2.18. The predicted octanol–water partition coefficient (Wildman–Crippen LogP) is 3.14. The van der Waals surface area contributed by atoms with Gasteiger partial charge in [0.05, 0.1) is 13.2 Å². The molecule has 0 radical (unpaired) electrons. The van der Waals surface area contributed by atoms with Gasteiger partial charge in [0, 0.05) is 37.7 Å². The van der Waals surface area contributed by atoms with Crippen LogP contribution in [0.2, 0.25) is 5.02 Å². The number of hydrogen-bond donors (Lipinski definition) is 2. The SMILES string of the molecule is C/C=C/C1=CC(Nc2nc(/C=C/c3cccc(Cl)c3)nc(N3CCN(CCO)CC3)n2)=NC1. The van der Waals surface area contributed by atoms with Crippen LogP contribution < -0.4 is 10.2 Å². The fraction of sp³-hybridized carbons (Fsp3) is 0.333. The second-order valence-corrected chi connectivity index (χ2v) is 8.24. The molecular formula is C24H28ClN7O. The largest absolute Gasteiger partial charge is 0.395 e. The molecule has 3 heterocycles. The van der Waals surface area contributed by atoms with E-state index in [1.165, 1.54) is 0 Å². The van der Waals surface area contributed by atoms with Crippen LogP contribution in [0.5, 0.6) is 0 Å². The summed E-state index contributed by atoms with van der Waals surface area (Å²) in [6.07, 6.45) is 9.84. The summed E-state index contributed by atoms with van der Waals surface area (Å²) in [6, 6.07) is 7.62. The van der Waals surface area contributed by atoms with Crippen LogP contribution in [0.25, 0.3) is 12.2 Å². The first kappa shape index (κ1) is 23.1. The molecule has 4 rings (SSSR count). The molecule has 2 aromatic rings. The van der Waals surface area contributed by atoms with E-state index >= 15 is 0 Å². The van der Waals surface area contributed by atoms with E-state index in [4.69, 9.17) is 16.6 Å². The normalized spacial score (nSPS) is 17.1. The highest BCUT2D eigenvalue weighted by molar-refractivity contribution is 6.30. The number of aliphatic hydroxyl groups is 1. The molecule has 0 bridgehead atoms. The zero-order valence-electron chi connectivity index (χ0n) is 18.7. The number of halogens is 1. The smallest absolute Gasteiger partial charge is 0.233 e. The Hall–Kier alpha value is -3.07. The van der Waals surface area contributed by atoms with E-state index < -0.39 is 0 Å². The van der Waals surface area contributed by atoms with E-state index in [0.29, 0.717) is 35.8 Å². The maximum atomic E-state index is 9.20. The van der Waals surface area contributed by atoms with Gasteiger partial charge < -0.3 is 15.3 Å². The zero-order valence-corrected chi connectivity index (χ0v) is 19.4. The van der Waals surface area contributed by atoms with Gasteiger partial charge in [0.1, 0.15) is 5.84 Å². The lowest BCUT2D eigenvalue weighted by atomic mass is 10.2. The lowest BCUT2D eigenvalue weighted by Gasteiger charge is -2.34. The molecule has 0 amide bonds. The third kappa shape index (κ3) is 6.47. The van der Waals surface area contributed by atoms with Crippen LogP contribution in [0.4, 0.5) is 11.9 Å². The first-order valence-corrected chi connectivity index (χ1v) is 11.4. The van der Waals surface area contributed by atoms with Crippen molar-refractivity contribution in [2.24, 2.45) is 4.99 Å². The highest BCUT2D eigenvalue weighted by atomic mass is 35.5. The molecule has 2 N–H and O–H groups in total. The minimum Gasteiger partial charge on any atom is -0.395 e. The van der Waals surface area contributed by atoms with E-state index in [2.05, 4.69) is 30.1 Å². The van der Waals surface area contributed by atoms with Crippen LogP contribution in [-0.2, 0) is 0 Å². The summed E-state index contributed by atoms with van der Waals surface area (Å²) in [5.74, 6) is 2.37. The van der Waals surface area contributed by atoms with Gasteiger partial charge in [0.15, 0.2) is 5.82 Å². The number of allylic oxidation sites excluding steroid dienone is 1. The number of benzene rings is 1. The Morgan fingerprint density at radius 2 is 1.94 bits per heavy atom. The third-order valence-corrected chi connectivity index (χ3v) is 5.60. The standard InChI is InChI=1S/C24H28ClN7O/c1-2-4-19-16-22(26-17-19)28-23-27-21(8-7-18-5-3-6-20(25)15-18)29-24(30-23)32-11-9-31(10-12-32)13-14-33/h2-8,15-16,33H,9-14,17H2,1H3,(H,26,27,28,29,30)/b4-2+,8-7+. The molecule has 172 valence electrons. The maximum Gasteiger partial charge on any atom is 0.233 e. The Labute approximate surface area is 199 Å². The number of piperazine rings is 1. The van der Waals surface area contributed by atoms with E-state index in [1.54, 1.807) is 0 Å². The minimum absolute atomic E-state index is 0.170. The number of aliphatic imine (C=N–C) groups is 1. The van der Waals surface area contributed by atoms with Crippen molar-refractivity contribution < 1.29 is 5.11 Å². The number of amidine groups is 1.